The SMILES string of the molecule is CC(CC(N)=O)NCCCc1ccccc1. The van der Waals surface area contributed by atoms with Crippen LogP contribution in [0.4, 0.5) is 0 Å². The van der Waals surface area contributed by atoms with Gasteiger partial charge in [0, 0.05) is 12.5 Å². The monoisotopic (exact) mass is 220 g/mol. The molecule has 0 aliphatic carbocycles. The van der Waals surface area contributed by atoms with Gasteiger partial charge < -0.3 is 11.1 Å². The largest absolute Gasteiger partial charge is 0.370 e. The van der Waals surface area contributed by atoms with Crippen molar-refractivity contribution in [2.24, 2.45) is 5.73 Å². The van der Waals surface area contributed by atoms with Crippen LogP contribution < -0.4 is 11.1 Å². The van der Waals surface area contributed by atoms with Crippen molar-refractivity contribution in [3.8, 4) is 0 Å². The van der Waals surface area contributed by atoms with Crippen LogP contribution in [0.5, 0.6) is 0 Å². The Kier molecular flexibility index (Phi) is 5.57. The minimum atomic E-state index is -0.247. The number of rotatable bonds is 7. The standard InChI is InChI=1S/C13H20N2O/c1-11(10-13(14)16)15-9-5-8-12-6-3-2-4-7-12/h2-4,6-7,11,15H,5,8-10H2,1H3,(H2,14,16). The van der Waals surface area contributed by atoms with E-state index in [1.165, 1.54) is 5.56 Å². The molecule has 1 aromatic carbocycles. The summed E-state index contributed by atoms with van der Waals surface area (Å²) < 4.78 is 0. The first-order valence-electron chi connectivity index (χ1n) is 5.74. The molecule has 16 heavy (non-hydrogen) atoms. The number of primary amides is 1. The van der Waals surface area contributed by atoms with Crippen LogP contribution in [-0.4, -0.2) is 18.5 Å². The van der Waals surface area contributed by atoms with Crippen molar-refractivity contribution in [3.63, 3.8) is 0 Å². The molecule has 0 fully saturated rings. The predicted molar refractivity (Wildman–Crippen MR) is 66.0 cm³/mol. The third-order valence-electron chi connectivity index (χ3n) is 2.49. The molecule has 1 rings (SSSR count). The van der Waals surface area contributed by atoms with E-state index < -0.39 is 0 Å². The molecule has 0 heterocycles. The smallest absolute Gasteiger partial charge is 0.218 e. The van der Waals surface area contributed by atoms with E-state index >= 15 is 0 Å². The third-order valence-corrected chi connectivity index (χ3v) is 2.49. The zero-order valence-corrected chi connectivity index (χ0v) is 9.78. The fourth-order valence-corrected chi connectivity index (χ4v) is 1.66. The summed E-state index contributed by atoms with van der Waals surface area (Å²) in [7, 11) is 0. The fourth-order valence-electron chi connectivity index (χ4n) is 1.66. The lowest BCUT2D eigenvalue weighted by Crippen LogP contribution is -2.31. The van der Waals surface area contributed by atoms with E-state index in [0.29, 0.717) is 6.42 Å². The van der Waals surface area contributed by atoms with Crippen molar-refractivity contribution in [1.82, 2.24) is 5.32 Å². The summed E-state index contributed by atoms with van der Waals surface area (Å²) in [5, 5.41) is 3.28. The number of carbonyl (C=O) groups is 1. The van der Waals surface area contributed by atoms with Crippen LogP contribution in [0.15, 0.2) is 30.3 Å². The molecule has 0 saturated carbocycles. The van der Waals surface area contributed by atoms with Crippen LogP contribution in [-0.2, 0) is 11.2 Å². The van der Waals surface area contributed by atoms with Crippen molar-refractivity contribution in [3.05, 3.63) is 35.9 Å². The lowest BCUT2D eigenvalue weighted by atomic mass is 10.1. The van der Waals surface area contributed by atoms with Crippen molar-refractivity contribution in [2.75, 3.05) is 6.54 Å². The van der Waals surface area contributed by atoms with Crippen LogP contribution in [0, 0.1) is 0 Å². The van der Waals surface area contributed by atoms with E-state index in [1.54, 1.807) is 0 Å². The highest BCUT2D eigenvalue weighted by Crippen LogP contribution is 2.01. The molecular weight excluding hydrogens is 200 g/mol. The second kappa shape index (κ2) is 7.01. The first-order valence-corrected chi connectivity index (χ1v) is 5.74. The summed E-state index contributed by atoms with van der Waals surface area (Å²) in [5.41, 5.74) is 6.46. The number of benzene rings is 1. The van der Waals surface area contributed by atoms with Gasteiger partial charge in [-0.3, -0.25) is 4.79 Å². The second-order valence-electron chi connectivity index (χ2n) is 4.11. The highest BCUT2D eigenvalue weighted by Gasteiger charge is 2.03. The third kappa shape index (κ3) is 5.51. The molecule has 3 N–H and O–H groups in total. The van der Waals surface area contributed by atoms with E-state index in [0.717, 1.165) is 19.4 Å². The number of nitrogens with two attached hydrogens (primary N) is 1. The molecule has 3 heteroatoms. The summed E-state index contributed by atoms with van der Waals surface area (Å²) >= 11 is 0. The average Bonchev–Trinajstić information content (AvgIpc) is 2.25. The lowest BCUT2D eigenvalue weighted by molar-refractivity contribution is -0.118. The molecule has 0 aliphatic heterocycles. The van der Waals surface area contributed by atoms with Gasteiger partial charge in [0.1, 0.15) is 0 Å². The highest BCUT2D eigenvalue weighted by molar-refractivity contribution is 5.74. The minimum absolute atomic E-state index is 0.174. The topological polar surface area (TPSA) is 55.1 Å². The molecule has 1 atom stereocenters. The van der Waals surface area contributed by atoms with E-state index in [-0.39, 0.29) is 11.9 Å². The molecule has 1 unspecified atom stereocenters. The summed E-state index contributed by atoms with van der Waals surface area (Å²) in [6.07, 6.45) is 2.55. The lowest BCUT2D eigenvalue weighted by Gasteiger charge is -2.11. The Morgan fingerprint density at radius 1 is 1.38 bits per heavy atom. The summed E-state index contributed by atoms with van der Waals surface area (Å²) in [6.45, 7) is 2.90. The van der Waals surface area contributed by atoms with Gasteiger partial charge in [0.2, 0.25) is 5.91 Å². The molecular formula is C13H20N2O. The molecule has 88 valence electrons. The fraction of sp³-hybridized carbons (Fsp3) is 0.462. The number of aryl methyl sites for hydroxylation is 1. The van der Waals surface area contributed by atoms with Gasteiger partial charge in [0.25, 0.3) is 0 Å². The van der Waals surface area contributed by atoms with E-state index in [9.17, 15) is 4.79 Å². The molecule has 1 amide bonds. The molecule has 0 bridgehead atoms. The molecule has 0 radical (unpaired) electrons. The van der Waals surface area contributed by atoms with Crippen LogP contribution >= 0.6 is 0 Å². The molecule has 3 nitrogen and oxygen atoms in total. The van der Waals surface area contributed by atoms with Gasteiger partial charge in [-0.25, -0.2) is 0 Å². The summed E-state index contributed by atoms with van der Waals surface area (Å²) in [4.78, 5) is 10.6. The quantitative estimate of drug-likeness (QED) is 0.684. The van der Waals surface area contributed by atoms with Gasteiger partial charge in [-0.1, -0.05) is 30.3 Å². The van der Waals surface area contributed by atoms with Crippen LogP contribution in [0.2, 0.25) is 0 Å². The van der Waals surface area contributed by atoms with Gasteiger partial charge in [0.15, 0.2) is 0 Å². The number of amides is 1. The number of hydrogen-bond donors (Lipinski definition) is 2. The van der Waals surface area contributed by atoms with Gasteiger partial charge >= 0.3 is 0 Å². The highest BCUT2D eigenvalue weighted by atomic mass is 16.1. The van der Waals surface area contributed by atoms with Crippen LogP contribution in [0.3, 0.4) is 0 Å². The molecule has 0 spiro atoms. The number of hydrogen-bond acceptors (Lipinski definition) is 2. The minimum Gasteiger partial charge on any atom is -0.370 e. The Bertz CT molecular complexity index is 311. The Balaban J connectivity index is 2.10. The molecule has 0 saturated heterocycles. The first kappa shape index (κ1) is 12.7. The van der Waals surface area contributed by atoms with Crippen molar-refractivity contribution in [1.29, 1.82) is 0 Å². The Hall–Kier alpha value is -1.35. The molecule has 0 aromatic heterocycles. The Morgan fingerprint density at radius 2 is 2.06 bits per heavy atom. The average molecular weight is 220 g/mol. The van der Waals surface area contributed by atoms with Gasteiger partial charge in [-0.15, -0.1) is 0 Å². The van der Waals surface area contributed by atoms with Crippen molar-refractivity contribution in [2.45, 2.75) is 32.2 Å². The van der Waals surface area contributed by atoms with Crippen LogP contribution in [0.25, 0.3) is 0 Å². The van der Waals surface area contributed by atoms with Gasteiger partial charge in [-0.05, 0) is 31.9 Å². The summed E-state index contributed by atoms with van der Waals surface area (Å²) in [6, 6.07) is 10.6. The second-order valence-corrected chi connectivity index (χ2v) is 4.11. The maximum absolute atomic E-state index is 10.6. The van der Waals surface area contributed by atoms with Crippen LogP contribution in [0.1, 0.15) is 25.3 Å². The van der Waals surface area contributed by atoms with Gasteiger partial charge in [0.05, 0.1) is 0 Å². The maximum Gasteiger partial charge on any atom is 0.218 e. The van der Waals surface area contributed by atoms with Gasteiger partial charge in [-0.2, -0.15) is 0 Å². The van der Waals surface area contributed by atoms with E-state index in [4.69, 9.17) is 5.73 Å². The van der Waals surface area contributed by atoms with E-state index in [1.807, 2.05) is 13.0 Å². The zero-order chi connectivity index (χ0) is 11.8. The Morgan fingerprint density at radius 3 is 2.69 bits per heavy atom. The van der Waals surface area contributed by atoms with Crippen molar-refractivity contribution < 1.29 is 4.79 Å². The summed E-state index contributed by atoms with van der Waals surface area (Å²) in [5.74, 6) is -0.247. The normalized spacial score (nSPS) is 12.3. The van der Waals surface area contributed by atoms with Crippen molar-refractivity contribution >= 4 is 5.91 Å². The number of nitrogens with one attached hydrogen (secondary N) is 1. The molecule has 0 aliphatic rings. The maximum atomic E-state index is 10.6. The van der Waals surface area contributed by atoms with E-state index in [2.05, 4.69) is 29.6 Å². The molecule has 1 aromatic rings. The number of carbonyl (C=O) groups excluding carboxylic acids is 1. The predicted octanol–water partition coefficient (Wildman–Crippen LogP) is 1.47. The first-order chi connectivity index (χ1) is 7.68. The Labute approximate surface area is 97.0 Å². The zero-order valence-electron chi connectivity index (χ0n) is 9.78.